The van der Waals surface area contributed by atoms with Gasteiger partial charge in [-0.3, -0.25) is 0 Å². The zero-order valence-electron chi connectivity index (χ0n) is 11.5. The summed E-state index contributed by atoms with van der Waals surface area (Å²) in [7, 11) is 0. The van der Waals surface area contributed by atoms with E-state index in [1.165, 1.54) is 0 Å². The number of aryl methyl sites for hydroxylation is 1. The van der Waals surface area contributed by atoms with E-state index < -0.39 is 5.97 Å². The first-order valence-electron chi connectivity index (χ1n) is 6.34. The van der Waals surface area contributed by atoms with Gasteiger partial charge in [-0.1, -0.05) is 18.2 Å². The maximum atomic E-state index is 11.5. The van der Waals surface area contributed by atoms with Gasteiger partial charge in [-0.15, -0.1) is 0 Å². The number of aromatic carboxylic acids is 1. The highest BCUT2D eigenvalue weighted by Crippen LogP contribution is 2.25. The van der Waals surface area contributed by atoms with E-state index in [0.29, 0.717) is 5.82 Å². The van der Waals surface area contributed by atoms with E-state index in [0.717, 1.165) is 26.8 Å². The summed E-state index contributed by atoms with van der Waals surface area (Å²) >= 11 is 3.45. The summed E-state index contributed by atoms with van der Waals surface area (Å²) in [5, 5.41) is 14.6. The van der Waals surface area contributed by atoms with Crippen LogP contribution in [0.4, 0.5) is 0 Å². The Morgan fingerprint density at radius 3 is 2.62 bits per heavy atom. The molecule has 21 heavy (non-hydrogen) atoms. The van der Waals surface area contributed by atoms with Crippen molar-refractivity contribution in [2.24, 2.45) is 0 Å². The molecule has 1 aromatic carbocycles. The van der Waals surface area contributed by atoms with Crippen LogP contribution in [-0.4, -0.2) is 25.8 Å². The SMILES string of the molecule is Cc1nn(-c2nc3ccccc3cc2C(=O)O)c(C)c1Br. The Bertz CT molecular complexity index is 871. The fourth-order valence-corrected chi connectivity index (χ4v) is 2.50. The highest BCUT2D eigenvalue weighted by Gasteiger charge is 2.19. The van der Waals surface area contributed by atoms with Crippen molar-refractivity contribution in [1.82, 2.24) is 14.8 Å². The molecule has 5 nitrogen and oxygen atoms in total. The van der Waals surface area contributed by atoms with Crippen LogP contribution < -0.4 is 0 Å². The normalized spacial score (nSPS) is 11.0. The van der Waals surface area contributed by atoms with Gasteiger partial charge in [0.15, 0.2) is 5.82 Å². The molecule has 2 aromatic heterocycles. The summed E-state index contributed by atoms with van der Waals surface area (Å²) in [6, 6.07) is 9.05. The summed E-state index contributed by atoms with van der Waals surface area (Å²) < 4.78 is 2.42. The Hall–Kier alpha value is -2.21. The number of fused-ring (bicyclic) bond motifs is 1. The molecule has 0 saturated heterocycles. The van der Waals surface area contributed by atoms with Crippen molar-refractivity contribution < 1.29 is 9.90 Å². The number of carboxylic acid groups (broad SMARTS) is 1. The van der Waals surface area contributed by atoms with Crippen molar-refractivity contribution in [3.63, 3.8) is 0 Å². The lowest BCUT2D eigenvalue weighted by molar-refractivity contribution is 0.0696. The van der Waals surface area contributed by atoms with E-state index in [4.69, 9.17) is 0 Å². The molecule has 0 aliphatic carbocycles. The average molecular weight is 346 g/mol. The third-order valence-corrected chi connectivity index (χ3v) is 4.49. The number of halogens is 1. The molecule has 0 aliphatic heterocycles. The summed E-state index contributed by atoms with van der Waals surface area (Å²) in [6.45, 7) is 3.72. The fourth-order valence-electron chi connectivity index (χ4n) is 2.25. The lowest BCUT2D eigenvalue weighted by Crippen LogP contribution is -2.10. The van der Waals surface area contributed by atoms with Crippen molar-refractivity contribution in [3.05, 3.63) is 51.8 Å². The van der Waals surface area contributed by atoms with Gasteiger partial charge < -0.3 is 5.11 Å². The second-order valence-electron chi connectivity index (χ2n) is 4.75. The summed E-state index contributed by atoms with van der Waals surface area (Å²) in [6.07, 6.45) is 0. The molecule has 0 aliphatic rings. The highest BCUT2D eigenvalue weighted by atomic mass is 79.9. The van der Waals surface area contributed by atoms with Crippen LogP contribution in [0, 0.1) is 13.8 Å². The van der Waals surface area contributed by atoms with Crippen molar-refractivity contribution in [2.75, 3.05) is 0 Å². The molecule has 0 amide bonds. The van der Waals surface area contributed by atoms with Crippen LogP contribution in [0.5, 0.6) is 0 Å². The predicted molar refractivity (Wildman–Crippen MR) is 83.0 cm³/mol. The molecular formula is C15H12BrN3O2. The molecule has 0 atom stereocenters. The number of nitrogens with zero attached hydrogens (tertiary/aromatic N) is 3. The van der Waals surface area contributed by atoms with Gasteiger partial charge in [-0.05, 0) is 41.9 Å². The van der Waals surface area contributed by atoms with Gasteiger partial charge in [0.2, 0.25) is 0 Å². The quantitative estimate of drug-likeness (QED) is 0.771. The van der Waals surface area contributed by atoms with E-state index in [2.05, 4.69) is 26.0 Å². The molecule has 2 heterocycles. The van der Waals surface area contributed by atoms with Crippen LogP contribution in [0.3, 0.4) is 0 Å². The lowest BCUT2D eigenvalue weighted by Gasteiger charge is -2.09. The number of carboxylic acids is 1. The number of rotatable bonds is 2. The van der Waals surface area contributed by atoms with Gasteiger partial charge in [-0.25, -0.2) is 14.5 Å². The topological polar surface area (TPSA) is 68.0 Å². The van der Waals surface area contributed by atoms with E-state index in [1.807, 2.05) is 38.1 Å². The number of hydrogen-bond donors (Lipinski definition) is 1. The summed E-state index contributed by atoms with van der Waals surface area (Å²) in [5.41, 5.74) is 2.48. The highest BCUT2D eigenvalue weighted by molar-refractivity contribution is 9.10. The number of carbonyl (C=O) groups is 1. The first kappa shape index (κ1) is 13.8. The van der Waals surface area contributed by atoms with E-state index in [-0.39, 0.29) is 5.56 Å². The molecule has 6 heteroatoms. The minimum absolute atomic E-state index is 0.131. The number of aromatic nitrogens is 3. The van der Waals surface area contributed by atoms with Crippen LogP contribution in [0.25, 0.3) is 16.7 Å². The fraction of sp³-hybridized carbons (Fsp3) is 0.133. The van der Waals surface area contributed by atoms with Crippen molar-refractivity contribution in [1.29, 1.82) is 0 Å². The van der Waals surface area contributed by atoms with Crippen LogP contribution >= 0.6 is 15.9 Å². The number of hydrogen-bond acceptors (Lipinski definition) is 3. The van der Waals surface area contributed by atoms with Gasteiger partial charge in [0.25, 0.3) is 0 Å². The van der Waals surface area contributed by atoms with Gasteiger partial charge in [-0.2, -0.15) is 5.10 Å². The van der Waals surface area contributed by atoms with Crippen LogP contribution in [0.1, 0.15) is 21.7 Å². The molecule has 3 aromatic rings. The van der Waals surface area contributed by atoms with Crippen LogP contribution in [0.15, 0.2) is 34.8 Å². The molecular weight excluding hydrogens is 334 g/mol. The predicted octanol–water partition coefficient (Wildman–Crippen LogP) is 3.50. The van der Waals surface area contributed by atoms with E-state index >= 15 is 0 Å². The minimum atomic E-state index is -1.02. The molecule has 106 valence electrons. The number of pyridine rings is 1. The van der Waals surface area contributed by atoms with Crippen LogP contribution in [0.2, 0.25) is 0 Å². The Morgan fingerprint density at radius 1 is 1.29 bits per heavy atom. The Labute approximate surface area is 129 Å². The molecule has 0 fully saturated rings. The Kier molecular flexibility index (Phi) is 3.25. The monoisotopic (exact) mass is 345 g/mol. The maximum Gasteiger partial charge on any atom is 0.339 e. The average Bonchev–Trinajstić information content (AvgIpc) is 2.73. The molecule has 0 spiro atoms. The zero-order chi connectivity index (χ0) is 15.1. The van der Waals surface area contributed by atoms with Crippen molar-refractivity contribution >= 4 is 32.8 Å². The van der Waals surface area contributed by atoms with Gasteiger partial charge >= 0.3 is 5.97 Å². The largest absolute Gasteiger partial charge is 0.478 e. The summed E-state index contributed by atoms with van der Waals surface area (Å²) in [4.78, 5) is 16.0. The van der Waals surface area contributed by atoms with Gasteiger partial charge in [0, 0.05) is 5.39 Å². The molecule has 0 bridgehead atoms. The van der Waals surface area contributed by atoms with Gasteiger partial charge in [0.05, 0.1) is 21.4 Å². The zero-order valence-corrected chi connectivity index (χ0v) is 13.0. The molecule has 3 rings (SSSR count). The van der Waals surface area contributed by atoms with E-state index in [9.17, 15) is 9.90 Å². The second-order valence-corrected chi connectivity index (χ2v) is 5.55. The van der Waals surface area contributed by atoms with Crippen molar-refractivity contribution in [3.8, 4) is 5.82 Å². The number of para-hydroxylation sites is 1. The molecule has 0 radical (unpaired) electrons. The third kappa shape index (κ3) is 2.21. The lowest BCUT2D eigenvalue weighted by atomic mass is 10.1. The third-order valence-electron chi connectivity index (χ3n) is 3.34. The Morgan fingerprint density at radius 2 is 2.00 bits per heavy atom. The second kappa shape index (κ2) is 4.96. The first-order chi connectivity index (χ1) is 9.99. The standard InChI is InChI=1S/C15H12BrN3O2/c1-8-13(16)9(2)19(18-8)14-11(15(20)21)7-10-5-3-4-6-12(10)17-14/h3-7H,1-2H3,(H,20,21). The maximum absolute atomic E-state index is 11.5. The molecule has 0 saturated carbocycles. The first-order valence-corrected chi connectivity index (χ1v) is 7.13. The van der Waals surface area contributed by atoms with Crippen LogP contribution in [-0.2, 0) is 0 Å². The molecule has 1 N–H and O–H groups in total. The number of benzene rings is 1. The smallest absolute Gasteiger partial charge is 0.339 e. The minimum Gasteiger partial charge on any atom is -0.478 e. The summed E-state index contributed by atoms with van der Waals surface area (Å²) in [5.74, 6) is -0.695. The molecule has 0 unspecified atom stereocenters. The van der Waals surface area contributed by atoms with Gasteiger partial charge in [0.1, 0.15) is 5.56 Å². The van der Waals surface area contributed by atoms with E-state index in [1.54, 1.807) is 10.7 Å². The Balaban J connectivity index is 2.36. The van der Waals surface area contributed by atoms with Crippen molar-refractivity contribution in [2.45, 2.75) is 13.8 Å².